The Hall–Kier alpha value is -2.66. The molecule has 0 radical (unpaired) electrons. The van der Waals surface area contributed by atoms with E-state index >= 15 is 0 Å². The van der Waals surface area contributed by atoms with Crippen molar-refractivity contribution in [3.8, 4) is 0 Å². The fraction of sp³-hybridized carbons (Fsp3) is 0.130. The van der Waals surface area contributed by atoms with Crippen LogP contribution < -0.4 is 10.6 Å². The van der Waals surface area contributed by atoms with Gasteiger partial charge in [0, 0.05) is 48.1 Å². The van der Waals surface area contributed by atoms with Gasteiger partial charge in [-0.15, -0.1) is 0 Å². The summed E-state index contributed by atoms with van der Waals surface area (Å²) < 4.78 is 0. The van der Waals surface area contributed by atoms with Crippen LogP contribution in [-0.4, -0.2) is 9.97 Å². The van der Waals surface area contributed by atoms with Gasteiger partial charge in [-0.3, -0.25) is 9.97 Å². The van der Waals surface area contributed by atoms with Crippen molar-refractivity contribution < 1.29 is 0 Å². The zero-order chi connectivity index (χ0) is 20.1. The Morgan fingerprint density at radius 1 is 0.759 bits per heavy atom. The van der Waals surface area contributed by atoms with Crippen molar-refractivity contribution in [2.45, 2.75) is 19.6 Å². The second kappa shape index (κ2) is 9.23. The second-order valence-corrected chi connectivity index (χ2v) is 7.59. The van der Waals surface area contributed by atoms with E-state index in [-0.39, 0.29) is 0 Å². The van der Waals surface area contributed by atoms with Gasteiger partial charge in [0.25, 0.3) is 0 Å². The van der Waals surface area contributed by atoms with Crippen LogP contribution in [-0.2, 0) is 19.6 Å². The molecule has 0 bridgehead atoms. The van der Waals surface area contributed by atoms with Crippen LogP contribution in [0.15, 0.2) is 73.1 Å². The van der Waals surface area contributed by atoms with Crippen molar-refractivity contribution in [3.63, 3.8) is 0 Å². The summed E-state index contributed by atoms with van der Waals surface area (Å²) in [6, 6.07) is 20.0. The smallest absolute Gasteiger partial charge is 0.0737 e. The molecule has 0 spiro atoms. The first-order valence-electron chi connectivity index (χ1n) is 9.35. The van der Waals surface area contributed by atoms with Crippen LogP contribution in [0.25, 0.3) is 10.9 Å². The number of hydrogen-bond acceptors (Lipinski definition) is 4. The van der Waals surface area contributed by atoms with Crippen molar-refractivity contribution >= 4 is 39.8 Å². The van der Waals surface area contributed by atoms with Gasteiger partial charge in [0.1, 0.15) is 0 Å². The first-order valence-corrected chi connectivity index (χ1v) is 10.1. The molecular weight excluding hydrogens is 403 g/mol. The summed E-state index contributed by atoms with van der Waals surface area (Å²) in [5.74, 6) is 0. The molecule has 4 nitrogen and oxygen atoms in total. The molecule has 0 atom stereocenters. The Bertz CT molecular complexity index is 1110. The lowest BCUT2D eigenvalue weighted by Crippen LogP contribution is -2.15. The number of anilines is 1. The van der Waals surface area contributed by atoms with Crippen LogP contribution in [0.5, 0.6) is 0 Å². The number of rotatable bonds is 7. The highest BCUT2D eigenvalue weighted by atomic mass is 35.5. The number of nitrogens with one attached hydrogen (secondary N) is 2. The maximum absolute atomic E-state index is 6.09. The lowest BCUT2D eigenvalue weighted by molar-refractivity contribution is 0.675. The summed E-state index contributed by atoms with van der Waals surface area (Å²) in [6.45, 7) is 2.17. The predicted octanol–water partition coefficient (Wildman–Crippen LogP) is 5.84. The number of benzene rings is 2. The standard InChI is InChI=1S/C23H20Cl2N4/c24-18-6-8-21-22(9-10-27-23(21)11-18)29-13-17-4-2-1-3-16(17)12-26-15-20-7-5-19(25)14-28-20/h1-11,14,26H,12-13,15H2,(H,27,29). The number of aromatic nitrogens is 2. The Morgan fingerprint density at radius 3 is 2.34 bits per heavy atom. The Morgan fingerprint density at radius 2 is 1.55 bits per heavy atom. The summed E-state index contributed by atoms with van der Waals surface area (Å²) in [5, 5.41) is 9.39. The summed E-state index contributed by atoms with van der Waals surface area (Å²) in [6.07, 6.45) is 3.47. The van der Waals surface area contributed by atoms with E-state index in [2.05, 4.69) is 44.9 Å². The van der Waals surface area contributed by atoms with Gasteiger partial charge >= 0.3 is 0 Å². The minimum atomic E-state index is 0.649. The molecule has 0 amide bonds. The first-order chi connectivity index (χ1) is 14.2. The normalized spacial score (nSPS) is 11.0. The first kappa shape index (κ1) is 19.6. The highest BCUT2D eigenvalue weighted by Crippen LogP contribution is 2.25. The quantitative estimate of drug-likeness (QED) is 0.392. The Kier molecular flexibility index (Phi) is 6.25. The molecule has 2 aromatic heterocycles. The molecule has 0 aliphatic carbocycles. The predicted molar refractivity (Wildman–Crippen MR) is 120 cm³/mol. The molecule has 2 N–H and O–H groups in total. The minimum absolute atomic E-state index is 0.649. The van der Waals surface area contributed by atoms with Crippen molar-refractivity contribution in [2.24, 2.45) is 0 Å². The molecule has 0 saturated carbocycles. The fourth-order valence-corrected chi connectivity index (χ4v) is 3.48. The van der Waals surface area contributed by atoms with Gasteiger partial charge in [-0.05, 0) is 47.5 Å². The maximum Gasteiger partial charge on any atom is 0.0737 e. The molecule has 6 heteroatoms. The third-order valence-electron chi connectivity index (χ3n) is 4.70. The summed E-state index contributed by atoms with van der Waals surface area (Å²) >= 11 is 12.0. The molecule has 4 aromatic rings. The molecule has 2 heterocycles. The highest BCUT2D eigenvalue weighted by molar-refractivity contribution is 6.31. The summed E-state index contributed by atoms with van der Waals surface area (Å²) in [5.41, 5.74) is 5.37. The van der Waals surface area contributed by atoms with Crippen LogP contribution in [0, 0.1) is 0 Å². The summed E-state index contributed by atoms with van der Waals surface area (Å²) in [7, 11) is 0. The maximum atomic E-state index is 6.09. The van der Waals surface area contributed by atoms with Crippen molar-refractivity contribution in [3.05, 3.63) is 99.9 Å². The fourth-order valence-electron chi connectivity index (χ4n) is 3.20. The van der Waals surface area contributed by atoms with Gasteiger partial charge < -0.3 is 10.6 Å². The topological polar surface area (TPSA) is 49.8 Å². The number of nitrogens with zero attached hydrogens (tertiary/aromatic N) is 2. The van der Waals surface area contributed by atoms with E-state index in [0.29, 0.717) is 16.6 Å². The monoisotopic (exact) mass is 422 g/mol. The van der Waals surface area contributed by atoms with Gasteiger partial charge in [-0.1, -0.05) is 47.5 Å². The van der Waals surface area contributed by atoms with Crippen LogP contribution >= 0.6 is 23.2 Å². The van der Waals surface area contributed by atoms with Gasteiger partial charge in [0.05, 0.1) is 16.2 Å². The van der Waals surface area contributed by atoms with Crippen LogP contribution in [0.1, 0.15) is 16.8 Å². The lowest BCUT2D eigenvalue weighted by Gasteiger charge is -2.14. The van der Waals surface area contributed by atoms with E-state index in [1.165, 1.54) is 11.1 Å². The molecule has 0 fully saturated rings. The van der Waals surface area contributed by atoms with Crippen LogP contribution in [0.3, 0.4) is 0 Å². The molecule has 0 unspecified atom stereocenters. The van der Waals surface area contributed by atoms with Crippen LogP contribution in [0.2, 0.25) is 10.0 Å². The third kappa shape index (κ3) is 5.04. The molecule has 4 rings (SSSR count). The lowest BCUT2D eigenvalue weighted by atomic mass is 10.1. The molecule has 0 aliphatic rings. The van der Waals surface area contributed by atoms with Crippen molar-refractivity contribution in [2.75, 3.05) is 5.32 Å². The number of halogens is 2. The molecule has 2 aromatic carbocycles. The summed E-state index contributed by atoms with van der Waals surface area (Å²) in [4.78, 5) is 8.72. The Balaban J connectivity index is 1.43. The van der Waals surface area contributed by atoms with E-state index in [9.17, 15) is 0 Å². The Labute approximate surface area is 179 Å². The van der Waals surface area contributed by atoms with E-state index in [1.807, 2.05) is 36.4 Å². The zero-order valence-corrected chi connectivity index (χ0v) is 17.2. The third-order valence-corrected chi connectivity index (χ3v) is 5.16. The molecule has 146 valence electrons. The zero-order valence-electron chi connectivity index (χ0n) is 15.7. The molecular formula is C23H20Cl2N4. The van der Waals surface area contributed by atoms with E-state index < -0.39 is 0 Å². The minimum Gasteiger partial charge on any atom is -0.380 e. The largest absolute Gasteiger partial charge is 0.380 e. The molecule has 0 saturated heterocycles. The van der Waals surface area contributed by atoms with Gasteiger partial charge in [-0.25, -0.2) is 0 Å². The second-order valence-electron chi connectivity index (χ2n) is 6.71. The van der Waals surface area contributed by atoms with E-state index in [4.69, 9.17) is 23.2 Å². The van der Waals surface area contributed by atoms with Crippen molar-refractivity contribution in [1.82, 2.24) is 15.3 Å². The molecule has 0 aliphatic heterocycles. The van der Waals surface area contributed by atoms with Gasteiger partial charge in [-0.2, -0.15) is 0 Å². The number of hydrogen-bond donors (Lipinski definition) is 2. The van der Waals surface area contributed by atoms with E-state index in [1.54, 1.807) is 12.4 Å². The number of pyridine rings is 2. The van der Waals surface area contributed by atoms with Crippen molar-refractivity contribution in [1.29, 1.82) is 0 Å². The molecule has 29 heavy (non-hydrogen) atoms. The van der Waals surface area contributed by atoms with E-state index in [0.717, 1.165) is 35.4 Å². The average molecular weight is 423 g/mol. The SMILES string of the molecule is Clc1ccc(CNCc2ccccc2CNc2ccnc3cc(Cl)ccc23)nc1. The number of fused-ring (bicyclic) bond motifs is 1. The van der Waals surface area contributed by atoms with Crippen LogP contribution in [0.4, 0.5) is 5.69 Å². The highest BCUT2D eigenvalue weighted by Gasteiger charge is 2.06. The van der Waals surface area contributed by atoms with Gasteiger partial charge in [0.2, 0.25) is 0 Å². The van der Waals surface area contributed by atoms with Gasteiger partial charge in [0.15, 0.2) is 0 Å². The average Bonchev–Trinajstić information content (AvgIpc) is 2.74.